The van der Waals surface area contributed by atoms with E-state index in [1.807, 2.05) is 4.90 Å². The lowest BCUT2D eigenvalue weighted by atomic mass is 9.92. The van der Waals surface area contributed by atoms with Crippen molar-refractivity contribution in [2.45, 2.75) is 38.3 Å². The quantitative estimate of drug-likeness (QED) is 0.751. The minimum absolute atomic E-state index is 0.00374. The molecule has 1 saturated heterocycles. The second kappa shape index (κ2) is 7.13. The van der Waals surface area contributed by atoms with Crippen LogP contribution in [-0.4, -0.2) is 61.3 Å². The molecule has 144 valence electrons. The highest BCUT2D eigenvalue weighted by Gasteiger charge is 2.56. The van der Waals surface area contributed by atoms with Gasteiger partial charge in [-0.1, -0.05) is 6.07 Å². The normalized spacial score (nSPS) is 22.0. The molecule has 0 radical (unpaired) electrons. The Labute approximate surface area is 154 Å². The van der Waals surface area contributed by atoms with Crippen LogP contribution in [0.15, 0.2) is 29.2 Å². The van der Waals surface area contributed by atoms with Crippen LogP contribution >= 0.6 is 0 Å². The molecule has 1 spiro atoms. The highest BCUT2D eigenvalue weighted by Crippen LogP contribution is 2.54. The van der Waals surface area contributed by atoms with E-state index < -0.39 is 10.2 Å². The Morgan fingerprint density at radius 3 is 2.62 bits per heavy atom. The van der Waals surface area contributed by atoms with Crippen LogP contribution in [0.4, 0.5) is 0 Å². The Bertz CT molecular complexity index is 825. The Hall–Kier alpha value is -1.71. The Morgan fingerprint density at radius 2 is 2.00 bits per heavy atom. The lowest BCUT2D eigenvalue weighted by Gasteiger charge is -2.33. The third-order valence-electron chi connectivity index (χ3n) is 5.54. The standard InChI is InChI=1S/C17H26N4O4S/c1-19(2)26(24,25)18-14-13-17(14)7-11-21(12-8-17)16(23)6-10-20-9-4-3-5-15(20)22/h3-5,9,14,18H,6-8,10-13H2,1-2H3. The molecule has 0 aromatic carbocycles. The van der Waals surface area contributed by atoms with Crippen LogP contribution in [0.1, 0.15) is 25.7 Å². The number of hydrogen-bond acceptors (Lipinski definition) is 4. The summed E-state index contributed by atoms with van der Waals surface area (Å²) in [6.45, 7) is 1.66. The topological polar surface area (TPSA) is 91.7 Å². The third-order valence-corrected chi connectivity index (χ3v) is 7.08. The highest BCUT2D eigenvalue weighted by molar-refractivity contribution is 7.87. The van der Waals surface area contributed by atoms with E-state index in [0.717, 1.165) is 19.3 Å². The van der Waals surface area contributed by atoms with Crippen molar-refractivity contribution in [3.63, 3.8) is 0 Å². The zero-order valence-electron chi connectivity index (χ0n) is 15.2. The minimum atomic E-state index is -3.41. The molecule has 1 amide bonds. The lowest BCUT2D eigenvalue weighted by Crippen LogP contribution is -2.43. The van der Waals surface area contributed by atoms with E-state index in [2.05, 4.69) is 4.72 Å². The summed E-state index contributed by atoms with van der Waals surface area (Å²) < 4.78 is 29.4. The number of aromatic nitrogens is 1. The van der Waals surface area contributed by atoms with Gasteiger partial charge in [0.2, 0.25) is 5.91 Å². The van der Waals surface area contributed by atoms with E-state index in [-0.39, 0.29) is 22.9 Å². The zero-order chi connectivity index (χ0) is 18.9. The molecule has 1 aliphatic heterocycles. The maximum atomic E-state index is 12.4. The second-order valence-electron chi connectivity index (χ2n) is 7.39. The Kier molecular flexibility index (Phi) is 5.23. The molecule has 0 bridgehead atoms. The number of nitrogens with zero attached hydrogens (tertiary/aromatic N) is 3. The fourth-order valence-electron chi connectivity index (χ4n) is 3.57. The van der Waals surface area contributed by atoms with Gasteiger partial charge >= 0.3 is 0 Å². The van der Waals surface area contributed by atoms with Gasteiger partial charge in [-0.05, 0) is 30.7 Å². The predicted molar refractivity (Wildman–Crippen MR) is 97.7 cm³/mol. The second-order valence-corrected chi connectivity index (χ2v) is 9.30. The van der Waals surface area contributed by atoms with Gasteiger partial charge in [-0.2, -0.15) is 17.4 Å². The number of carbonyl (C=O) groups excluding carboxylic acids is 1. The largest absolute Gasteiger partial charge is 0.343 e. The molecule has 1 saturated carbocycles. The Morgan fingerprint density at radius 1 is 1.31 bits per heavy atom. The summed E-state index contributed by atoms with van der Waals surface area (Å²) in [5.41, 5.74) is -0.108. The van der Waals surface area contributed by atoms with Crippen LogP contribution in [0.3, 0.4) is 0 Å². The van der Waals surface area contributed by atoms with Gasteiger partial charge in [0.05, 0.1) is 0 Å². The van der Waals surface area contributed by atoms with Crippen LogP contribution in [0.5, 0.6) is 0 Å². The smallest absolute Gasteiger partial charge is 0.279 e. The first-order valence-electron chi connectivity index (χ1n) is 8.87. The van der Waals surface area contributed by atoms with Crippen LogP contribution in [-0.2, 0) is 21.5 Å². The van der Waals surface area contributed by atoms with Crippen molar-refractivity contribution in [3.05, 3.63) is 34.7 Å². The predicted octanol–water partition coefficient (Wildman–Crippen LogP) is 0.0155. The first kappa shape index (κ1) is 19.1. The van der Waals surface area contributed by atoms with Crippen molar-refractivity contribution in [1.29, 1.82) is 0 Å². The van der Waals surface area contributed by atoms with Crippen molar-refractivity contribution in [2.24, 2.45) is 5.41 Å². The molecule has 9 heteroatoms. The zero-order valence-corrected chi connectivity index (χ0v) is 16.0. The lowest BCUT2D eigenvalue weighted by molar-refractivity contribution is -0.133. The minimum Gasteiger partial charge on any atom is -0.343 e. The number of piperidine rings is 1. The van der Waals surface area contributed by atoms with Crippen molar-refractivity contribution in [3.8, 4) is 0 Å². The first-order valence-corrected chi connectivity index (χ1v) is 10.3. The summed E-state index contributed by atoms with van der Waals surface area (Å²) in [6.07, 6.45) is 4.44. The van der Waals surface area contributed by atoms with Crippen LogP contribution < -0.4 is 10.3 Å². The molecule has 1 unspecified atom stereocenters. The van der Waals surface area contributed by atoms with Crippen molar-refractivity contribution in [1.82, 2.24) is 18.5 Å². The van der Waals surface area contributed by atoms with E-state index >= 15 is 0 Å². The monoisotopic (exact) mass is 382 g/mol. The molecule has 2 fully saturated rings. The summed E-state index contributed by atoms with van der Waals surface area (Å²) in [7, 11) is -0.392. The fourth-order valence-corrected chi connectivity index (χ4v) is 4.48. The van der Waals surface area contributed by atoms with Gasteiger partial charge < -0.3 is 9.47 Å². The molecular formula is C17H26N4O4S. The van der Waals surface area contributed by atoms with Gasteiger partial charge in [0.15, 0.2) is 0 Å². The molecule has 2 heterocycles. The molecule has 1 aromatic heterocycles. The van der Waals surface area contributed by atoms with Gasteiger partial charge in [0.1, 0.15) is 0 Å². The Balaban J connectivity index is 1.48. The number of aryl methyl sites for hydroxylation is 1. The molecule has 1 aliphatic carbocycles. The van der Waals surface area contributed by atoms with Crippen LogP contribution in [0.2, 0.25) is 0 Å². The first-order chi connectivity index (χ1) is 12.2. The van der Waals surface area contributed by atoms with E-state index in [1.54, 1.807) is 18.3 Å². The molecular weight excluding hydrogens is 356 g/mol. The van der Waals surface area contributed by atoms with E-state index in [0.29, 0.717) is 26.1 Å². The number of amides is 1. The van der Waals surface area contributed by atoms with E-state index in [4.69, 9.17) is 0 Å². The molecule has 8 nitrogen and oxygen atoms in total. The van der Waals surface area contributed by atoms with Crippen LogP contribution in [0, 0.1) is 5.41 Å². The summed E-state index contributed by atoms with van der Waals surface area (Å²) in [4.78, 5) is 25.9. The summed E-state index contributed by atoms with van der Waals surface area (Å²) in [5.74, 6) is 0.0432. The molecule has 1 N–H and O–H groups in total. The third kappa shape index (κ3) is 3.99. The summed E-state index contributed by atoms with van der Waals surface area (Å²) in [6, 6.07) is 4.91. The number of pyridine rings is 1. The summed E-state index contributed by atoms with van der Waals surface area (Å²) in [5, 5.41) is 0. The van der Waals surface area contributed by atoms with E-state index in [9.17, 15) is 18.0 Å². The SMILES string of the molecule is CN(C)S(=O)(=O)NC1CC12CCN(C(=O)CCn1ccccc1=O)CC2. The van der Waals surface area contributed by atoms with Gasteiger partial charge in [0.25, 0.3) is 15.8 Å². The number of hydrogen-bond donors (Lipinski definition) is 1. The average molecular weight is 382 g/mol. The van der Waals surface area contributed by atoms with Gasteiger partial charge in [-0.15, -0.1) is 0 Å². The number of likely N-dealkylation sites (tertiary alicyclic amines) is 1. The van der Waals surface area contributed by atoms with Gasteiger partial charge in [-0.3, -0.25) is 9.59 Å². The van der Waals surface area contributed by atoms with E-state index in [1.165, 1.54) is 29.0 Å². The van der Waals surface area contributed by atoms with Crippen LogP contribution in [0.25, 0.3) is 0 Å². The molecule has 2 aliphatic rings. The highest BCUT2D eigenvalue weighted by atomic mass is 32.2. The van der Waals surface area contributed by atoms with Gasteiger partial charge in [-0.25, -0.2) is 0 Å². The maximum Gasteiger partial charge on any atom is 0.279 e. The number of rotatable bonds is 6. The summed E-state index contributed by atoms with van der Waals surface area (Å²) >= 11 is 0. The molecule has 1 atom stereocenters. The van der Waals surface area contributed by atoms with Crippen molar-refractivity contribution >= 4 is 16.1 Å². The van der Waals surface area contributed by atoms with Gasteiger partial charge in [0, 0.05) is 58.5 Å². The fraction of sp³-hybridized carbons (Fsp3) is 0.647. The molecule has 1 aromatic rings. The van der Waals surface area contributed by atoms with Crippen molar-refractivity contribution < 1.29 is 13.2 Å². The van der Waals surface area contributed by atoms with Crippen molar-refractivity contribution in [2.75, 3.05) is 27.2 Å². The molecule has 3 rings (SSSR count). The number of nitrogens with one attached hydrogen (secondary N) is 1. The number of carbonyl (C=O) groups is 1. The maximum absolute atomic E-state index is 12.4. The molecule has 26 heavy (non-hydrogen) atoms. The average Bonchev–Trinajstić information content (AvgIpc) is 3.24.